The van der Waals surface area contributed by atoms with Gasteiger partial charge in [0.2, 0.25) is 0 Å². The third-order valence-electron chi connectivity index (χ3n) is 3.61. The van der Waals surface area contributed by atoms with Crippen LogP contribution in [0.3, 0.4) is 0 Å². The van der Waals surface area contributed by atoms with E-state index in [2.05, 4.69) is 20.9 Å². The highest BCUT2D eigenvalue weighted by Crippen LogP contribution is 2.37. The van der Waals surface area contributed by atoms with Gasteiger partial charge >= 0.3 is 5.97 Å². The molecule has 0 atom stereocenters. The van der Waals surface area contributed by atoms with Crippen molar-refractivity contribution in [2.24, 2.45) is 0 Å². The Bertz CT molecular complexity index is 948. The van der Waals surface area contributed by atoms with Gasteiger partial charge in [0.05, 0.1) is 7.11 Å². The molecule has 2 aromatic carbocycles. The Morgan fingerprint density at radius 3 is 2.68 bits per heavy atom. The molecule has 0 aliphatic heterocycles. The molecular weight excluding hydrogens is 391 g/mol. The lowest BCUT2D eigenvalue weighted by atomic mass is 10.1. The first-order valence-electron chi connectivity index (χ1n) is 7.34. The monoisotopic (exact) mass is 404 g/mol. The zero-order valence-electron chi connectivity index (χ0n) is 13.3. The predicted molar refractivity (Wildman–Crippen MR) is 95.9 cm³/mol. The second-order valence-electron chi connectivity index (χ2n) is 5.25. The number of anilines is 1. The Kier molecular flexibility index (Phi) is 4.85. The highest BCUT2D eigenvalue weighted by atomic mass is 79.9. The molecule has 0 amide bonds. The summed E-state index contributed by atoms with van der Waals surface area (Å²) in [6.07, 6.45) is 0. The number of hydrogen-bond acceptors (Lipinski definition) is 5. The maximum absolute atomic E-state index is 13.9. The van der Waals surface area contributed by atoms with Gasteiger partial charge in [0, 0.05) is 15.2 Å². The number of methoxy groups -OCH3 is 1. The van der Waals surface area contributed by atoms with Gasteiger partial charge in [0.25, 0.3) is 0 Å². The fourth-order valence-electron chi connectivity index (χ4n) is 2.48. The Hall–Kier alpha value is -2.67. The van der Waals surface area contributed by atoms with Crippen LogP contribution in [0.1, 0.15) is 16.1 Å². The minimum Gasteiger partial charge on any atom is -0.486 e. The van der Waals surface area contributed by atoms with Crippen molar-refractivity contribution < 1.29 is 18.7 Å². The summed E-state index contributed by atoms with van der Waals surface area (Å²) in [6, 6.07) is 11.9. The van der Waals surface area contributed by atoms with Gasteiger partial charge in [0.1, 0.15) is 18.2 Å². The first-order chi connectivity index (χ1) is 12.0. The van der Waals surface area contributed by atoms with Crippen LogP contribution in [0.4, 0.5) is 10.2 Å². The second-order valence-corrected chi connectivity index (χ2v) is 6.11. The summed E-state index contributed by atoms with van der Waals surface area (Å²) in [5, 5.41) is 0.813. The number of fused-ring (bicyclic) bond motifs is 1. The van der Waals surface area contributed by atoms with Crippen molar-refractivity contribution in [1.82, 2.24) is 4.98 Å². The SMILES string of the molecule is COC(=O)c1nc(N)c2c(Br)cc(F)cc2c1OCc1ccccc1. The molecule has 5 nitrogen and oxygen atoms in total. The van der Waals surface area contributed by atoms with Crippen molar-refractivity contribution in [3.05, 3.63) is 64.0 Å². The zero-order valence-corrected chi connectivity index (χ0v) is 14.8. The van der Waals surface area contributed by atoms with Crippen LogP contribution >= 0.6 is 15.9 Å². The Balaban J connectivity index is 2.18. The van der Waals surface area contributed by atoms with Crippen molar-refractivity contribution in [3.8, 4) is 5.75 Å². The van der Waals surface area contributed by atoms with E-state index in [0.717, 1.165) is 5.56 Å². The third kappa shape index (κ3) is 3.41. The summed E-state index contributed by atoms with van der Waals surface area (Å²) >= 11 is 3.28. The Labute approximate surface area is 151 Å². The van der Waals surface area contributed by atoms with E-state index in [1.807, 2.05) is 30.3 Å². The Morgan fingerprint density at radius 1 is 1.28 bits per heavy atom. The molecule has 0 saturated carbocycles. The van der Waals surface area contributed by atoms with Gasteiger partial charge in [-0.3, -0.25) is 0 Å². The molecule has 7 heteroatoms. The van der Waals surface area contributed by atoms with Gasteiger partial charge in [0.15, 0.2) is 11.4 Å². The summed E-state index contributed by atoms with van der Waals surface area (Å²) < 4.78 is 24.9. The zero-order chi connectivity index (χ0) is 18.0. The lowest BCUT2D eigenvalue weighted by molar-refractivity contribution is 0.0589. The number of aromatic nitrogens is 1. The molecule has 3 rings (SSSR count). The number of nitrogens with two attached hydrogens (primary N) is 1. The molecular formula is C18H14BrFN2O3. The first kappa shape index (κ1) is 17.2. The van der Waals surface area contributed by atoms with E-state index >= 15 is 0 Å². The maximum Gasteiger partial charge on any atom is 0.360 e. The number of nitrogen functional groups attached to an aromatic ring is 1. The Morgan fingerprint density at radius 2 is 2.00 bits per heavy atom. The van der Waals surface area contributed by atoms with Gasteiger partial charge in [-0.15, -0.1) is 0 Å². The van der Waals surface area contributed by atoms with E-state index in [0.29, 0.717) is 15.2 Å². The van der Waals surface area contributed by atoms with Crippen LogP contribution in [0.15, 0.2) is 46.9 Å². The quantitative estimate of drug-likeness (QED) is 0.662. The summed E-state index contributed by atoms with van der Waals surface area (Å²) in [6.45, 7) is 0.180. The standard InChI is InChI=1S/C18H14BrFN2O3/c1-24-18(23)15-16(25-9-10-5-3-2-4-6-10)12-7-11(20)8-13(19)14(12)17(21)22-15/h2-8H,9H2,1H3,(H2,21,22). The minimum absolute atomic E-state index is 0.0781. The number of rotatable bonds is 4. The molecule has 25 heavy (non-hydrogen) atoms. The van der Waals surface area contributed by atoms with Crippen LogP contribution in [-0.2, 0) is 11.3 Å². The maximum atomic E-state index is 13.9. The van der Waals surface area contributed by atoms with E-state index in [4.69, 9.17) is 15.2 Å². The van der Waals surface area contributed by atoms with Gasteiger partial charge in [-0.2, -0.15) is 0 Å². The van der Waals surface area contributed by atoms with Gasteiger partial charge in [-0.05, 0) is 33.6 Å². The van der Waals surface area contributed by atoms with E-state index < -0.39 is 11.8 Å². The molecule has 0 fully saturated rings. The van der Waals surface area contributed by atoms with E-state index in [1.165, 1.54) is 19.2 Å². The number of benzene rings is 2. The van der Waals surface area contributed by atoms with Crippen LogP contribution < -0.4 is 10.5 Å². The normalized spacial score (nSPS) is 10.7. The van der Waals surface area contributed by atoms with Crippen molar-refractivity contribution in [3.63, 3.8) is 0 Å². The average Bonchev–Trinajstić information content (AvgIpc) is 2.60. The van der Waals surface area contributed by atoms with Crippen LogP contribution in [0.2, 0.25) is 0 Å². The fourth-order valence-corrected chi connectivity index (χ4v) is 3.11. The number of nitrogens with zero attached hydrogens (tertiary/aromatic N) is 1. The highest BCUT2D eigenvalue weighted by molar-refractivity contribution is 9.10. The smallest absolute Gasteiger partial charge is 0.360 e. The topological polar surface area (TPSA) is 74.4 Å². The third-order valence-corrected chi connectivity index (χ3v) is 4.23. The first-order valence-corrected chi connectivity index (χ1v) is 8.14. The second kappa shape index (κ2) is 7.06. The van der Waals surface area contributed by atoms with Crippen molar-refractivity contribution >= 4 is 38.5 Å². The van der Waals surface area contributed by atoms with E-state index in [-0.39, 0.29) is 23.9 Å². The van der Waals surface area contributed by atoms with Crippen molar-refractivity contribution in [1.29, 1.82) is 0 Å². The van der Waals surface area contributed by atoms with Gasteiger partial charge < -0.3 is 15.2 Å². The number of halogens is 2. The molecule has 0 aliphatic carbocycles. The predicted octanol–water partition coefficient (Wildman–Crippen LogP) is 4.08. The number of ether oxygens (including phenoxy) is 2. The van der Waals surface area contributed by atoms with Crippen LogP contribution in [0.25, 0.3) is 10.8 Å². The van der Waals surface area contributed by atoms with Crippen molar-refractivity contribution in [2.45, 2.75) is 6.61 Å². The molecule has 0 saturated heterocycles. The van der Waals surface area contributed by atoms with Gasteiger partial charge in [-0.1, -0.05) is 30.3 Å². The number of hydrogen-bond donors (Lipinski definition) is 1. The molecule has 0 spiro atoms. The van der Waals surface area contributed by atoms with E-state index in [9.17, 15) is 9.18 Å². The molecule has 2 N–H and O–H groups in total. The summed E-state index contributed by atoms with van der Waals surface area (Å²) in [5.41, 5.74) is 6.74. The highest BCUT2D eigenvalue weighted by Gasteiger charge is 2.22. The summed E-state index contributed by atoms with van der Waals surface area (Å²) in [5.74, 6) is -1.00. The molecule has 1 heterocycles. The lowest BCUT2D eigenvalue weighted by Crippen LogP contribution is -2.11. The van der Waals surface area contributed by atoms with Crippen LogP contribution in [0.5, 0.6) is 5.75 Å². The molecule has 0 radical (unpaired) electrons. The summed E-state index contributed by atoms with van der Waals surface area (Å²) in [7, 11) is 1.23. The molecule has 1 aromatic heterocycles. The van der Waals surface area contributed by atoms with Crippen LogP contribution in [-0.4, -0.2) is 18.1 Å². The molecule has 3 aromatic rings. The molecule has 0 aliphatic rings. The minimum atomic E-state index is -0.711. The lowest BCUT2D eigenvalue weighted by Gasteiger charge is -2.15. The fraction of sp³-hybridized carbons (Fsp3) is 0.111. The molecule has 128 valence electrons. The number of pyridine rings is 1. The number of carbonyl (C=O) groups is 1. The molecule has 0 unspecified atom stereocenters. The number of carbonyl (C=O) groups excluding carboxylic acids is 1. The largest absolute Gasteiger partial charge is 0.486 e. The van der Waals surface area contributed by atoms with Crippen LogP contribution in [0, 0.1) is 5.82 Å². The van der Waals surface area contributed by atoms with Gasteiger partial charge in [-0.25, -0.2) is 14.2 Å². The van der Waals surface area contributed by atoms with Crippen molar-refractivity contribution in [2.75, 3.05) is 12.8 Å². The average molecular weight is 405 g/mol. The molecule has 0 bridgehead atoms. The summed E-state index contributed by atoms with van der Waals surface area (Å²) in [4.78, 5) is 16.2. The number of esters is 1. The van der Waals surface area contributed by atoms with E-state index in [1.54, 1.807) is 0 Å².